The average Bonchev–Trinajstić information content (AvgIpc) is 2.86. The number of hydrogen-bond acceptors (Lipinski definition) is 5. The van der Waals surface area contributed by atoms with E-state index in [1.54, 1.807) is 24.0 Å². The molecule has 0 aliphatic carbocycles. The second-order valence-corrected chi connectivity index (χ2v) is 7.84. The number of hydrogen-bond donors (Lipinski definition) is 0. The van der Waals surface area contributed by atoms with E-state index in [9.17, 15) is 9.59 Å². The van der Waals surface area contributed by atoms with Crippen LogP contribution in [0.5, 0.6) is 0 Å². The Bertz CT molecular complexity index is 718. The van der Waals surface area contributed by atoms with E-state index < -0.39 is 17.4 Å². The van der Waals surface area contributed by atoms with Crippen molar-refractivity contribution in [1.82, 2.24) is 4.90 Å². The summed E-state index contributed by atoms with van der Waals surface area (Å²) in [5.41, 5.74) is -0.166. The van der Waals surface area contributed by atoms with Gasteiger partial charge in [-0.05, 0) is 53.2 Å². The Balaban J connectivity index is 2.25. The van der Waals surface area contributed by atoms with Crippen LogP contribution in [0.15, 0.2) is 30.3 Å². The van der Waals surface area contributed by atoms with E-state index in [1.165, 1.54) is 0 Å². The van der Waals surface area contributed by atoms with Crippen LogP contribution in [-0.4, -0.2) is 47.5 Å². The predicted molar refractivity (Wildman–Crippen MR) is 103 cm³/mol. The van der Waals surface area contributed by atoms with E-state index in [0.29, 0.717) is 18.8 Å². The molecule has 0 spiro atoms. The van der Waals surface area contributed by atoms with Crippen LogP contribution < -0.4 is 0 Å². The maximum absolute atomic E-state index is 12.7. The molecule has 27 heavy (non-hydrogen) atoms. The van der Waals surface area contributed by atoms with Crippen molar-refractivity contribution in [2.24, 2.45) is 0 Å². The summed E-state index contributed by atoms with van der Waals surface area (Å²) in [6.07, 6.45) is 3.24. The van der Waals surface area contributed by atoms with Crippen LogP contribution in [0, 0.1) is 0 Å². The number of benzene rings is 1. The smallest absolute Gasteiger partial charge is 0.413 e. The Morgan fingerprint density at radius 1 is 1.30 bits per heavy atom. The molecule has 0 radical (unpaired) electrons. The Morgan fingerprint density at radius 3 is 2.59 bits per heavy atom. The van der Waals surface area contributed by atoms with E-state index in [4.69, 9.17) is 14.2 Å². The molecule has 6 heteroatoms. The van der Waals surface area contributed by atoms with Crippen molar-refractivity contribution in [2.45, 2.75) is 58.9 Å². The second-order valence-electron chi connectivity index (χ2n) is 7.84. The third-order valence-electron chi connectivity index (χ3n) is 4.06. The summed E-state index contributed by atoms with van der Waals surface area (Å²) in [7, 11) is 0. The highest BCUT2D eigenvalue weighted by Gasteiger charge is 2.44. The van der Waals surface area contributed by atoms with Gasteiger partial charge in [-0.15, -0.1) is 0 Å². The Kier molecular flexibility index (Phi) is 6.31. The molecule has 1 aliphatic rings. The highest BCUT2D eigenvalue weighted by atomic mass is 16.6. The molecule has 1 amide bonds. The maximum Gasteiger partial charge on any atom is 0.413 e. The van der Waals surface area contributed by atoms with Gasteiger partial charge in [0.05, 0.1) is 24.8 Å². The molecule has 1 fully saturated rings. The van der Waals surface area contributed by atoms with Crippen molar-refractivity contribution in [2.75, 3.05) is 13.2 Å². The molecule has 2 rings (SSSR count). The van der Waals surface area contributed by atoms with Crippen molar-refractivity contribution in [3.8, 4) is 0 Å². The van der Waals surface area contributed by atoms with E-state index in [1.807, 2.05) is 58.9 Å². The zero-order valence-corrected chi connectivity index (χ0v) is 16.9. The largest absolute Gasteiger partial charge is 0.462 e. The number of carbonyl (C=O) groups is 2. The first kappa shape index (κ1) is 21.0. The van der Waals surface area contributed by atoms with Gasteiger partial charge in [0, 0.05) is 0 Å². The first-order chi connectivity index (χ1) is 12.5. The topological polar surface area (TPSA) is 65.1 Å². The summed E-state index contributed by atoms with van der Waals surface area (Å²) < 4.78 is 16.4. The summed E-state index contributed by atoms with van der Waals surface area (Å²) in [6, 6.07) is 6.90. The summed E-state index contributed by atoms with van der Waals surface area (Å²) >= 11 is 0. The molecule has 1 aromatic rings. The van der Waals surface area contributed by atoms with Gasteiger partial charge in [-0.25, -0.2) is 9.59 Å². The number of nitrogens with zero attached hydrogens (tertiary/aromatic N) is 1. The minimum Gasteiger partial charge on any atom is -0.462 e. The normalized spacial score (nSPS) is 19.3. The first-order valence-corrected chi connectivity index (χ1v) is 9.16. The third-order valence-corrected chi connectivity index (χ3v) is 4.06. The fourth-order valence-corrected chi connectivity index (χ4v) is 2.89. The van der Waals surface area contributed by atoms with Crippen molar-refractivity contribution in [3.63, 3.8) is 0 Å². The summed E-state index contributed by atoms with van der Waals surface area (Å²) in [6.45, 7) is 11.6. The lowest BCUT2D eigenvalue weighted by Crippen LogP contribution is -2.49. The van der Waals surface area contributed by atoms with Gasteiger partial charge in [-0.3, -0.25) is 4.90 Å². The van der Waals surface area contributed by atoms with Crippen LogP contribution in [0.25, 0.3) is 6.08 Å². The molecular weight excluding hydrogens is 346 g/mol. The molecule has 148 valence electrons. The molecule has 0 saturated carbocycles. The van der Waals surface area contributed by atoms with Gasteiger partial charge < -0.3 is 14.2 Å². The molecule has 1 atom stereocenters. The number of rotatable bonds is 4. The van der Waals surface area contributed by atoms with Gasteiger partial charge >= 0.3 is 12.1 Å². The molecule has 0 aromatic heterocycles. The zero-order chi connectivity index (χ0) is 20.2. The minimum absolute atomic E-state index is 0.301. The van der Waals surface area contributed by atoms with Gasteiger partial charge in [0.25, 0.3) is 0 Å². The van der Waals surface area contributed by atoms with Crippen LogP contribution in [0.3, 0.4) is 0 Å². The molecule has 1 aliphatic heterocycles. The highest BCUT2D eigenvalue weighted by Crippen LogP contribution is 2.30. The zero-order valence-electron chi connectivity index (χ0n) is 16.9. The molecule has 1 saturated heterocycles. The number of carbonyl (C=O) groups excluding carboxylic acids is 2. The fraction of sp³-hybridized carbons (Fsp3) is 0.524. The number of esters is 1. The molecule has 1 aromatic carbocycles. The van der Waals surface area contributed by atoms with E-state index >= 15 is 0 Å². The number of ether oxygens (including phenoxy) is 3. The molecule has 6 nitrogen and oxygen atoms in total. The van der Waals surface area contributed by atoms with Crippen LogP contribution >= 0.6 is 0 Å². The lowest BCUT2D eigenvalue weighted by molar-refractivity contribution is -0.0610. The van der Waals surface area contributed by atoms with Gasteiger partial charge in [0.2, 0.25) is 0 Å². The van der Waals surface area contributed by atoms with Crippen LogP contribution in [0.2, 0.25) is 0 Å². The predicted octanol–water partition coefficient (Wildman–Crippen LogP) is 4.25. The van der Waals surface area contributed by atoms with Crippen LogP contribution in [0.4, 0.5) is 4.79 Å². The third kappa shape index (κ3) is 5.32. The molecular formula is C21H29NO5. The first-order valence-electron chi connectivity index (χ1n) is 9.16. The Morgan fingerprint density at radius 2 is 1.96 bits per heavy atom. The Labute approximate surface area is 161 Å². The van der Waals surface area contributed by atoms with Gasteiger partial charge in [-0.1, -0.05) is 30.4 Å². The van der Waals surface area contributed by atoms with Crippen molar-refractivity contribution >= 4 is 18.1 Å². The minimum atomic E-state index is -0.780. The van der Waals surface area contributed by atoms with Gasteiger partial charge in [0.15, 0.2) is 0 Å². The summed E-state index contributed by atoms with van der Waals surface area (Å²) in [4.78, 5) is 26.4. The molecule has 0 bridgehead atoms. The van der Waals surface area contributed by atoms with Crippen molar-refractivity contribution in [3.05, 3.63) is 41.5 Å². The van der Waals surface area contributed by atoms with Gasteiger partial charge in [0.1, 0.15) is 11.3 Å². The molecule has 1 heterocycles. The maximum atomic E-state index is 12.7. The van der Waals surface area contributed by atoms with Crippen LogP contribution in [-0.2, 0) is 14.2 Å². The standard InChI is InChI=1S/C21H29NO5/c1-7-25-18(23)17-11-9-8-10-15(17)12-13-16-14-26-21(5,6)22(16)19(24)27-20(2,3)4/h8-13,16H,7,14H2,1-6H3. The fourth-order valence-electron chi connectivity index (χ4n) is 2.89. The van der Waals surface area contributed by atoms with E-state index in [2.05, 4.69) is 0 Å². The second kappa shape index (κ2) is 8.13. The lowest BCUT2D eigenvalue weighted by Gasteiger charge is -2.34. The van der Waals surface area contributed by atoms with Crippen molar-refractivity contribution < 1.29 is 23.8 Å². The average molecular weight is 375 g/mol. The van der Waals surface area contributed by atoms with E-state index in [-0.39, 0.29) is 12.0 Å². The summed E-state index contributed by atoms with van der Waals surface area (Å²) in [5, 5.41) is 0. The molecule has 1 unspecified atom stereocenters. The SMILES string of the molecule is CCOC(=O)c1ccccc1C=CC1COC(C)(C)N1C(=O)OC(C)(C)C. The monoisotopic (exact) mass is 375 g/mol. The van der Waals surface area contributed by atoms with Crippen molar-refractivity contribution in [1.29, 1.82) is 0 Å². The quantitative estimate of drug-likeness (QED) is 0.736. The highest BCUT2D eigenvalue weighted by molar-refractivity contribution is 5.93. The van der Waals surface area contributed by atoms with Crippen LogP contribution in [0.1, 0.15) is 57.5 Å². The van der Waals surface area contributed by atoms with Gasteiger partial charge in [-0.2, -0.15) is 0 Å². The number of amides is 1. The summed E-state index contributed by atoms with van der Waals surface area (Å²) in [5.74, 6) is -0.371. The van der Waals surface area contributed by atoms with E-state index in [0.717, 1.165) is 5.56 Å². The Hall–Kier alpha value is -2.34. The molecule has 0 N–H and O–H groups in total. The lowest BCUT2D eigenvalue weighted by atomic mass is 10.1.